The predicted octanol–water partition coefficient (Wildman–Crippen LogP) is 1.54. The molecule has 0 unspecified atom stereocenters. The Morgan fingerprint density at radius 2 is 2.09 bits per heavy atom. The van der Waals surface area contributed by atoms with Crippen molar-refractivity contribution in [1.82, 2.24) is 25.2 Å². The maximum absolute atomic E-state index is 5.31. The number of methoxy groups -OCH3 is 1. The lowest BCUT2D eigenvalue weighted by atomic mass is 10.2. The molecule has 2 aromatic rings. The number of aryl methyl sites for hydroxylation is 1. The Balaban J connectivity index is 1.64. The van der Waals surface area contributed by atoms with Gasteiger partial charge in [-0.25, -0.2) is 0 Å². The van der Waals surface area contributed by atoms with Crippen LogP contribution in [0.4, 0.5) is 0 Å². The van der Waals surface area contributed by atoms with E-state index in [-0.39, 0.29) is 6.04 Å². The van der Waals surface area contributed by atoms with E-state index in [1.54, 1.807) is 7.11 Å². The van der Waals surface area contributed by atoms with Gasteiger partial charge in [0.25, 0.3) is 0 Å². The molecule has 0 amide bonds. The smallest absolute Gasteiger partial charge is 0.240 e. The first-order chi connectivity index (χ1) is 10.8. The summed E-state index contributed by atoms with van der Waals surface area (Å²) in [5.74, 6) is 2.74. The molecule has 120 valence electrons. The number of likely N-dealkylation sites (tertiary alicyclic amines) is 1. The van der Waals surface area contributed by atoms with Gasteiger partial charge in [-0.05, 0) is 19.4 Å². The Labute approximate surface area is 128 Å². The van der Waals surface area contributed by atoms with Crippen molar-refractivity contribution in [2.24, 2.45) is 0 Å². The molecule has 0 spiro atoms. The van der Waals surface area contributed by atoms with Crippen molar-refractivity contribution in [3.05, 3.63) is 23.4 Å². The van der Waals surface area contributed by atoms with Crippen molar-refractivity contribution >= 4 is 0 Å². The van der Waals surface area contributed by atoms with Crippen LogP contribution in [0.5, 0.6) is 0 Å². The molecule has 1 saturated heterocycles. The van der Waals surface area contributed by atoms with Crippen LogP contribution in [0.15, 0.2) is 9.05 Å². The minimum atomic E-state index is 0.165. The van der Waals surface area contributed by atoms with Crippen molar-refractivity contribution in [1.29, 1.82) is 0 Å². The lowest BCUT2D eigenvalue weighted by Gasteiger charge is -2.19. The largest absolute Gasteiger partial charge is 0.384 e. The number of hydrogen-bond acceptors (Lipinski definition) is 8. The van der Waals surface area contributed by atoms with Crippen LogP contribution in [-0.4, -0.2) is 45.4 Å². The Kier molecular flexibility index (Phi) is 4.79. The minimum absolute atomic E-state index is 0.165. The van der Waals surface area contributed by atoms with E-state index in [4.69, 9.17) is 13.8 Å². The van der Waals surface area contributed by atoms with E-state index in [0.29, 0.717) is 37.2 Å². The highest BCUT2D eigenvalue weighted by atomic mass is 16.5. The Bertz CT molecular complexity index is 597. The molecule has 0 aromatic carbocycles. The molecule has 0 radical (unpaired) electrons. The van der Waals surface area contributed by atoms with E-state index in [1.165, 1.54) is 0 Å². The summed E-state index contributed by atoms with van der Waals surface area (Å²) in [6.07, 6.45) is 3.54. The zero-order valence-electron chi connectivity index (χ0n) is 13.0. The standard InChI is InChI=1S/C14H21N5O3/c1-3-12-16-14(18-21-12)10-5-4-7-19(10)9-13-15-11(17-22-13)6-8-20-2/h10H,3-9H2,1-2H3/t10-/m1/s1. The van der Waals surface area contributed by atoms with Crippen LogP contribution in [0, 0.1) is 0 Å². The second kappa shape index (κ2) is 6.97. The summed E-state index contributed by atoms with van der Waals surface area (Å²) in [5, 5.41) is 8.06. The topological polar surface area (TPSA) is 90.3 Å². The lowest BCUT2D eigenvalue weighted by molar-refractivity contribution is 0.197. The second-order valence-electron chi connectivity index (χ2n) is 5.38. The van der Waals surface area contributed by atoms with Crippen molar-refractivity contribution in [2.45, 2.75) is 45.2 Å². The number of nitrogens with zero attached hydrogens (tertiary/aromatic N) is 5. The van der Waals surface area contributed by atoms with Crippen LogP contribution in [0.3, 0.4) is 0 Å². The molecule has 8 heteroatoms. The summed E-state index contributed by atoms with van der Waals surface area (Å²) >= 11 is 0. The zero-order chi connectivity index (χ0) is 15.4. The van der Waals surface area contributed by atoms with Gasteiger partial charge in [-0.1, -0.05) is 17.2 Å². The van der Waals surface area contributed by atoms with Crippen molar-refractivity contribution < 1.29 is 13.8 Å². The first-order valence-corrected chi connectivity index (χ1v) is 7.67. The van der Waals surface area contributed by atoms with E-state index in [0.717, 1.165) is 31.6 Å². The van der Waals surface area contributed by atoms with E-state index in [2.05, 4.69) is 25.2 Å². The first-order valence-electron chi connectivity index (χ1n) is 7.67. The van der Waals surface area contributed by atoms with Gasteiger partial charge in [0.05, 0.1) is 19.2 Å². The van der Waals surface area contributed by atoms with Gasteiger partial charge in [-0.15, -0.1) is 0 Å². The molecular formula is C14H21N5O3. The maximum Gasteiger partial charge on any atom is 0.240 e. The van der Waals surface area contributed by atoms with Crippen molar-refractivity contribution in [3.8, 4) is 0 Å². The molecule has 22 heavy (non-hydrogen) atoms. The van der Waals surface area contributed by atoms with Gasteiger partial charge >= 0.3 is 0 Å². The summed E-state index contributed by atoms with van der Waals surface area (Å²) in [6, 6.07) is 0.165. The van der Waals surface area contributed by atoms with Crippen LogP contribution >= 0.6 is 0 Å². The monoisotopic (exact) mass is 307 g/mol. The Morgan fingerprint density at radius 1 is 1.23 bits per heavy atom. The molecule has 0 bridgehead atoms. The highest BCUT2D eigenvalue weighted by molar-refractivity contribution is 4.99. The fourth-order valence-electron chi connectivity index (χ4n) is 2.68. The average Bonchev–Trinajstić information content (AvgIpc) is 3.25. The fraction of sp³-hybridized carbons (Fsp3) is 0.714. The van der Waals surface area contributed by atoms with Gasteiger partial charge in [0.1, 0.15) is 0 Å². The predicted molar refractivity (Wildman–Crippen MR) is 75.9 cm³/mol. The summed E-state index contributed by atoms with van der Waals surface area (Å²) in [7, 11) is 1.66. The molecule has 1 aliphatic heterocycles. The normalized spacial score (nSPS) is 19.1. The van der Waals surface area contributed by atoms with Crippen molar-refractivity contribution in [2.75, 3.05) is 20.3 Å². The van der Waals surface area contributed by atoms with E-state index >= 15 is 0 Å². The molecule has 0 aliphatic carbocycles. The fourth-order valence-corrected chi connectivity index (χ4v) is 2.68. The molecule has 1 aliphatic rings. The van der Waals surface area contributed by atoms with Crippen LogP contribution in [-0.2, 0) is 24.1 Å². The van der Waals surface area contributed by atoms with Crippen LogP contribution < -0.4 is 0 Å². The zero-order valence-corrected chi connectivity index (χ0v) is 13.0. The van der Waals surface area contributed by atoms with Gasteiger partial charge in [0.15, 0.2) is 11.6 Å². The molecule has 0 N–H and O–H groups in total. The third-order valence-electron chi connectivity index (χ3n) is 3.83. The lowest BCUT2D eigenvalue weighted by Crippen LogP contribution is -2.23. The summed E-state index contributed by atoms with van der Waals surface area (Å²) < 4.78 is 15.5. The van der Waals surface area contributed by atoms with Crippen LogP contribution in [0.2, 0.25) is 0 Å². The summed E-state index contributed by atoms with van der Waals surface area (Å²) in [5.41, 5.74) is 0. The van der Waals surface area contributed by atoms with Gasteiger partial charge in [-0.3, -0.25) is 4.90 Å². The third kappa shape index (κ3) is 3.33. The molecule has 1 atom stereocenters. The van der Waals surface area contributed by atoms with Gasteiger partial charge in [0.2, 0.25) is 11.8 Å². The maximum atomic E-state index is 5.31. The number of ether oxygens (including phenoxy) is 1. The van der Waals surface area contributed by atoms with E-state index in [1.807, 2.05) is 6.92 Å². The van der Waals surface area contributed by atoms with Gasteiger partial charge in [-0.2, -0.15) is 9.97 Å². The molecule has 3 rings (SSSR count). The third-order valence-corrected chi connectivity index (χ3v) is 3.83. The Hall–Kier alpha value is -1.80. The Morgan fingerprint density at radius 3 is 2.86 bits per heavy atom. The van der Waals surface area contributed by atoms with E-state index in [9.17, 15) is 0 Å². The quantitative estimate of drug-likeness (QED) is 0.761. The molecule has 8 nitrogen and oxygen atoms in total. The molecule has 2 aromatic heterocycles. The number of hydrogen-bond donors (Lipinski definition) is 0. The van der Waals surface area contributed by atoms with Gasteiger partial charge < -0.3 is 13.8 Å². The number of rotatable bonds is 7. The number of aromatic nitrogens is 4. The second-order valence-corrected chi connectivity index (χ2v) is 5.38. The summed E-state index contributed by atoms with van der Waals surface area (Å²) in [4.78, 5) is 11.1. The molecular weight excluding hydrogens is 286 g/mol. The molecule has 3 heterocycles. The van der Waals surface area contributed by atoms with Crippen molar-refractivity contribution in [3.63, 3.8) is 0 Å². The SMILES string of the molecule is CCc1nc([C@H]2CCCN2Cc2nc(CCOC)no2)no1. The first kappa shape index (κ1) is 15.1. The van der Waals surface area contributed by atoms with Crippen LogP contribution in [0.1, 0.15) is 49.2 Å². The molecule has 1 fully saturated rings. The van der Waals surface area contributed by atoms with Crippen LogP contribution in [0.25, 0.3) is 0 Å². The highest BCUT2D eigenvalue weighted by Gasteiger charge is 2.31. The average molecular weight is 307 g/mol. The highest BCUT2D eigenvalue weighted by Crippen LogP contribution is 2.31. The van der Waals surface area contributed by atoms with E-state index < -0.39 is 0 Å². The minimum Gasteiger partial charge on any atom is -0.384 e. The van der Waals surface area contributed by atoms with Gasteiger partial charge in [0, 0.05) is 20.0 Å². The summed E-state index contributed by atoms with van der Waals surface area (Å²) in [6.45, 7) is 4.18. The molecule has 0 saturated carbocycles.